The summed E-state index contributed by atoms with van der Waals surface area (Å²) in [6.45, 7) is 7.00. The van der Waals surface area contributed by atoms with Gasteiger partial charge in [0.1, 0.15) is 13.2 Å². The number of hydrogen-bond acceptors (Lipinski definition) is 6. The molecule has 0 spiro atoms. The third-order valence-corrected chi connectivity index (χ3v) is 7.15. The number of ether oxygens (including phenoxy) is 2. The van der Waals surface area contributed by atoms with Gasteiger partial charge in [-0.05, 0) is 31.7 Å². The molecule has 0 radical (unpaired) electrons. The SMILES string of the molecule is Cc1ccc(C(CNS(=O)(=O)c2ccc3c(c2)OCCO3)N2CCN(C)CC2)cc1. The Morgan fingerprint density at radius 3 is 2.33 bits per heavy atom. The van der Waals surface area contributed by atoms with Gasteiger partial charge in [-0.1, -0.05) is 29.8 Å². The van der Waals surface area contributed by atoms with E-state index in [0.717, 1.165) is 31.7 Å². The van der Waals surface area contributed by atoms with Crippen molar-refractivity contribution in [2.45, 2.75) is 17.9 Å². The van der Waals surface area contributed by atoms with Gasteiger partial charge in [-0.15, -0.1) is 0 Å². The Balaban J connectivity index is 1.53. The van der Waals surface area contributed by atoms with Gasteiger partial charge >= 0.3 is 0 Å². The molecule has 8 heteroatoms. The molecule has 1 atom stereocenters. The number of piperazine rings is 1. The van der Waals surface area contributed by atoms with E-state index in [0.29, 0.717) is 31.3 Å². The zero-order valence-corrected chi connectivity index (χ0v) is 18.3. The molecule has 1 fully saturated rings. The number of rotatable bonds is 6. The summed E-state index contributed by atoms with van der Waals surface area (Å²) in [5.74, 6) is 1.05. The first kappa shape index (κ1) is 21.1. The van der Waals surface area contributed by atoms with Gasteiger partial charge in [0.15, 0.2) is 11.5 Å². The fourth-order valence-electron chi connectivity index (χ4n) is 3.84. The van der Waals surface area contributed by atoms with Crippen LogP contribution in [-0.4, -0.2) is 71.2 Å². The molecule has 0 aliphatic carbocycles. The lowest BCUT2D eigenvalue weighted by molar-refractivity contribution is 0.113. The minimum atomic E-state index is -3.68. The van der Waals surface area contributed by atoms with Crippen LogP contribution in [0.15, 0.2) is 47.4 Å². The highest BCUT2D eigenvalue weighted by molar-refractivity contribution is 7.89. The number of nitrogens with one attached hydrogen (secondary N) is 1. The van der Waals surface area contributed by atoms with E-state index in [1.807, 2.05) is 0 Å². The molecular weight excluding hydrogens is 402 g/mol. The van der Waals surface area contributed by atoms with Crippen LogP contribution >= 0.6 is 0 Å². The van der Waals surface area contributed by atoms with E-state index in [1.54, 1.807) is 12.1 Å². The highest BCUT2D eigenvalue weighted by atomic mass is 32.2. The van der Waals surface area contributed by atoms with Gasteiger partial charge in [0, 0.05) is 44.8 Å². The lowest BCUT2D eigenvalue weighted by atomic mass is 10.0. The maximum Gasteiger partial charge on any atom is 0.240 e. The van der Waals surface area contributed by atoms with Crippen molar-refractivity contribution in [1.82, 2.24) is 14.5 Å². The Bertz CT molecular complexity index is 970. The molecule has 0 saturated carbocycles. The van der Waals surface area contributed by atoms with E-state index in [9.17, 15) is 8.42 Å². The molecule has 30 heavy (non-hydrogen) atoms. The van der Waals surface area contributed by atoms with Crippen LogP contribution in [0.25, 0.3) is 0 Å². The second kappa shape index (κ2) is 8.93. The molecule has 1 saturated heterocycles. The Morgan fingerprint density at radius 1 is 0.967 bits per heavy atom. The summed E-state index contributed by atoms with van der Waals surface area (Å²) in [6, 6.07) is 13.1. The van der Waals surface area contributed by atoms with Crippen molar-refractivity contribution in [3.63, 3.8) is 0 Å². The van der Waals surface area contributed by atoms with Gasteiger partial charge in [-0.2, -0.15) is 0 Å². The molecule has 0 bridgehead atoms. The van der Waals surface area contributed by atoms with Gasteiger partial charge in [-0.3, -0.25) is 4.90 Å². The summed E-state index contributed by atoms with van der Waals surface area (Å²) < 4.78 is 39.9. The van der Waals surface area contributed by atoms with Crippen LogP contribution in [0, 0.1) is 6.92 Å². The minimum absolute atomic E-state index is 0.0220. The zero-order valence-electron chi connectivity index (χ0n) is 17.5. The quantitative estimate of drug-likeness (QED) is 0.755. The molecule has 2 heterocycles. The third kappa shape index (κ3) is 4.78. The molecule has 0 amide bonds. The summed E-state index contributed by atoms with van der Waals surface area (Å²) in [5.41, 5.74) is 2.31. The molecule has 2 aliphatic rings. The average molecular weight is 432 g/mol. The van der Waals surface area contributed by atoms with Crippen LogP contribution in [-0.2, 0) is 10.0 Å². The Kier molecular flexibility index (Phi) is 6.29. The van der Waals surface area contributed by atoms with Crippen molar-refractivity contribution in [2.24, 2.45) is 0 Å². The number of likely N-dealkylation sites (N-methyl/N-ethyl adjacent to an activating group) is 1. The van der Waals surface area contributed by atoms with E-state index in [4.69, 9.17) is 9.47 Å². The highest BCUT2D eigenvalue weighted by Crippen LogP contribution is 2.32. The van der Waals surface area contributed by atoms with Crippen LogP contribution in [0.1, 0.15) is 17.2 Å². The van der Waals surface area contributed by atoms with Gasteiger partial charge < -0.3 is 14.4 Å². The standard InChI is InChI=1S/C22H29N3O4S/c1-17-3-5-18(6-4-17)20(25-11-9-24(2)10-12-25)16-23-30(26,27)19-7-8-21-22(15-19)29-14-13-28-21/h3-8,15,20,23H,9-14,16H2,1-2H3. The van der Waals surface area contributed by atoms with E-state index in [2.05, 4.69) is 52.8 Å². The number of fused-ring (bicyclic) bond motifs is 1. The van der Waals surface area contributed by atoms with Gasteiger partial charge in [0.2, 0.25) is 10.0 Å². The maximum atomic E-state index is 13.0. The first-order chi connectivity index (χ1) is 14.4. The van der Waals surface area contributed by atoms with Gasteiger partial charge in [-0.25, -0.2) is 13.1 Å². The summed E-state index contributed by atoms with van der Waals surface area (Å²) in [6.07, 6.45) is 0. The van der Waals surface area contributed by atoms with Crippen molar-refractivity contribution in [3.05, 3.63) is 53.6 Å². The molecule has 2 aromatic carbocycles. The summed E-state index contributed by atoms with van der Waals surface area (Å²) >= 11 is 0. The predicted molar refractivity (Wildman–Crippen MR) is 116 cm³/mol. The average Bonchev–Trinajstić information content (AvgIpc) is 2.76. The Hall–Kier alpha value is -2.13. The predicted octanol–water partition coefficient (Wildman–Crippen LogP) is 2.03. The lowest BCUT2D eigenvalue weighted by Gasteiger charge is -2.38. The van der Waals surface area contributed by atoms with Crippen molar-refractivity contribution in [1.29, 1.82) is 0 Å². The molecule has 2 aliphatic heterocycles. The monoisotopic (exact) mass is 431 g/mol. The molecule has 1 unspecified atom stereocenters. The molecule has 2 aromatic rings. The van der Waals surface area contributed by atoms with E-state index < -0.39 is 10.0 Å². The number of nitrogens with zero attached hydrogens (tertiary/aromatic N) is 2. The van der Waals surface area contributed by atoms with Crippen molar-refractivity contribution in [3.8, 4) is 11.5 Å². The largest absolute Gasteiger partial charge is 0.486 e. The first-order valence-electron chi connectivity index (χ1n) is 10.3. The molecule has 0 aromatic heterocycles. The highest BCUT2D eigenvalue weighted by Gasteiger charge is 2.26. The van der Waals surface area contributed by atoms with E-state index in [-0.39, 0.29) is 10.9 Å². The lowest BCUT2D eigenvalue weighted by Crippen LogP contribution is -2.48. The van der Waals surface area contributed by atoms with Crippen molar-refractivity contribution < 1.29 is 17.9 Å². The third-order valence-electron chi connectivity index (χ3n) is 5.73. The second-order valence-corrected chi connectivity index (χ2v) is 9.69. The maximum absolute atomic E-state index is 13.0. The van der Waals surface area contributed by atoms with Crippen LogP contribution in [0.2, 0.25) is 0 Å². The summed E-state index contributed by atoms with van der Waals surface area (Å²) in [4.78, 5) is 4.84. The van der Waals surface area contributed by atoms with Crippen LogP contribution in [0.3, 0.4) is 0 Å². The first-order valence-corrected chi connectivity index (χ1v) is 11.8. The molecule has 162 valence electrons. The fraction of sp³-hybridized carbons (Fsp3) is 0.455. The zero-order chi connectivity index (χ0) is 21.1. The topological polar surface area (TPSA) is 71.1 Å². The number of sulfonamides is 1. The Morgan fingerprint density at radius 2 is 1.63 bits per heavy atom. The van der Waals surface area contributed by atoms with Gasteiger partial charge in [0.25, 0.3) is 0 Å². The van der Waals surface area contributed by atoms with Crippen LogP contribution in [0.4, 0.5) is 0 Å². The van der Waals surface area contributed by atoms with Crippen molar-refractivity contribution in [2.75, 3.05) is 53.0 Å². The number of hydrogen-bond donors (Lipinski definition) is 1. The molecular formula is C22H29N3O4S. The van der Waals surface area contributed by atoms with E-state index >= 15 is 0 Å². The van der Waals surface area contributed by atoms with Crippen LogP contribution in [0.5, 0.6) is 11.5 Å². The van der Waals surface area contributed by atoms with Crippen LogP contribution < -0.4 is 14.2 Å². The number of benzene rings is 2. The molecule has 7 nitrogen and oxygen atoms in total. The smallest absolute Gasteiger partial charge is 0.240 e. The minimum Gasteiger partial charge on any atom is -0.486 e. The van der Waals surface area contributed by atoms with Crippen molar-refractivity contribution >= 4 is 10.0 Å². The second-order valence-electron chi connectivity index (χ2n) is 7.92. The summed E-state index contributed by atoms with van der Waals surface area (Å²) in [5, 5.41) is 0. The Labute approximate surface area is 178 Å². The molecule has 1 N–H and O–H groups in total. The summed E-state index contributed by atoms with van der Waals surface area (Å²) in [7, 11) is -1.56. The normalized spacial score (nSPS) is 18.9. The number of aryl methyl sites for hydroxylation is 1. The van der Waals surface area contributed by atoms with E-state index in [1.165, 1.54) is 11.6 Å². The molecule has 4 rings (SSSR count). The van der Waals surface area contributed by atoms with Gasteiger partial charge in [0.05, 0.1) is 4.90 Å². The fourth-order valence-corrected chi connectivity index (χ4v) is 4.90.